The maximum absolute atomic E-state index is 12.2. The van der Waals surface area contributed by atoms with Crippen LogP contribution in [0.5, 0.6) is 0 Å². The summed E-state index contributed by atoms with van der Waals surface area (Å²) in [5.74, 6) is 0.245. The average molecular weight is 303 g/mol. The Morgan fingerprint density at radius 1 is 1.18 bits per heavy atom. The number of nitrogens with one attached hydrogen (secondary N) is 1. The second-order valence-corrected chi connectivity index (χ2v) is 6.22. The van der Waals surface area contributed by atoms with Crippen molar-refractivity contribution in [3.63, 3.8) is 0 Å². The van der Waals surface area contributed by atoms with Gasteiger partial charge in [-0.05, 0) is 31.1 Å². The van der Waals surface area contributed by atoms with Crippen LogP contribution in [-0.2, 0) is 17.8 Å². The number of nitrogens with zero attached hydrogens (tertiary/aromatic N) is 2. The first-order valence-electron chi connectivity index (χ1n) is 8.44. The molecule has 122 valence electrons. The predicted octanol–water partition coefficient (Wildman–Crippen LogP) is 1.89. The number of hydrogen-bond acceptors (Lipinski definition) is 3. The summed E-state index contributed by atoms with van der Waals surface area (Å²) in [6.07, 6.45) is 3.00. The molecule has 1 N–H and O–H groups in total. The van der Waals surface area contributed by atoms with Gasteiger partial charge in [-0.15, -0.1) is 0 Å². The molecular weight excluding hydrogens is 274 g/mol. The van der Waals surface area contributed by atoms with Crippen LogP contribution < -0.4 is 5.32 Å². The van der Waals surface area contributed by atoms with Crippen LogP contribution in [0, 0.1) is 0 Å². The second kappa shape index (κ2) is 8.91. The van der Waals surface area contributed by atoms with Crippen LogP contribution in [0.2, 0.25) is 0 Å². The van der Waals surface area contributed by atoms with Gasteiger partial charge in [-0.1, -0.05) is 37.6 Å². The Balaban J connectivity index is 1.82. The molecule has 1 aliphatic heterocycles. The number of carbonyl (C=O) groups excluding carboxylic acids is 1. The van der Waals surface area contributed by atoms with Crippen LogP contribution in [0.15, 0.2) is 24.3 Å². The van der Waals surface area contributed by atoms with Crippen LogP contribution in [0.3, 0.4) is 0 Å². The molecule has 0 bridgehead atoms. The van der Waals surface area contributed by atoms with Crippen molar-refractivity contribution < 1.29 is 4.79 Å². The Kier molecular flexibility index (Phi) is 6.87. The van der Waals surface area contributed by atoms with E-state index in [-0.39, 0.29) is 5.91 Å². The summed E-state index contributed by atoms with van der Waals surface area (Å²) in [4.78, 5) is 16.6. The van der Waals surface area contributed by atoms with Crippen molar-refractivity contribution in [1.82, 2.24) is 15.1 Å². The summed E-state index contributed by atoms with van der Waals surface area (Å²) < 4.78 is 0. The third kappa shape index (κ3) is 5.43. The maximum Gasteiger partial charge on any atom is 0.227 e. The summed E-state index contributed by atoms with van der Waals surface area (Å²) in [5, 5.41) is 3.28. The molecule has 1 saturated heterocycles. The van der Waals surface area contributed by atoms with E-state index in [9.17, 15) is 4.79 Å². The molecule has 0 unspecified atom stereocenters. The monoisotopic (exact) mass is 303 g/mol. The molecule has 2 rings (SSSR count). The van der Waals surface area contributed by atoms with E-state index in [2.05, 4.69) is 48.5 Å². The first-order valence-corrected chi connectivity index (χ1v) is 8.44. The molecule has 22 heavy (non-hydrogen) atoms. The Bertz CT molecular complexity index is 452. The van der Waals surface area contributed by atoms with Gasteiger partial charge < -0.3 is 15.1 Å². The molecule has 4 heteroatoms. The van der Waals surface area contributed by atoms with Crippen molar-refractivity contribution in [2.45, 2.75) is 32.7 Å². The van der Waals surface area contributed by atoms with Crippen LogP contribution >= 0.6 is 0 Å². The Morgan fingerprint density at radius 2 is 1.82 bits per heavy atom. The van der Waals surface area contributed by atoms with E-state index in [1.807, 2.05) is 4.90 Å². The highest BCUT2D eigenvalue weighted by Gasteiger charge is 2.16. The molecule has 0 spiro atoms. The van der Waals surface area contributed by atoms with E-state index in [1.165, 1.54) is 18.4 Å². The van der Waals surface area contributed by atoms with Crippen LogP contribution in [0.25, 0.3) is 0 Å². The molecule has 0 saturated carbocycles. The summed E-state index contributed by atoms with van der Waals surface area (Å²) in [6.45, 7) is 7.83. The van der Waals surface area contributed by atoms with Crippen LogP contribution in [0.4, 0.5) is 0 Å². The smallest absolute Gasteiger partial charge is 0.227 e. The lowest BCUT2D eigenvalue weighted by Crippen LogP contribution is -2.46. The van der Waals surface area contributed by atoms with Crippen molar-refractivity contribution >= 4 is 5.91 Å². The molecule has 0 aliphatic carbocycles. The molecule has 0 aromatic heterocycles. The van der Waals surface area contributed by atoms with Crippen molar-refractivity contribution in [3.05, 3.63) is 35.4 Å². The largest absolute Gasteiger partial charge is 0.340 e. The van der Waals surface area contributed by atoms with E-state index < -0.39 is 0 Å². The number of amides is 1. The van der Waals surface area contributed by atoms with Gasteiger partial charge in [0.15, 0.2) is 0 Å². The first kappa shape index (κ1) is 17.0. The summed E-state index contributed by atoms with van der Waals surface area (Å²) in [5.41, 5.74) is 2.43. The molecule has 1 heterocycles. The third-order valence-corrected chi connectivity index (χ3v) is 4.19. The average Bonchev–Trinajstić information content (AvgIpc) is 2.55. The zero-order valence-corrected chi connectivity index (χ0v) is 14.0. The van der Waals surface area contributed by atoms with Crippen molar-refractivity contribution in [2.75, 3.05) is 39.8 Å². The van der Waals surface area contributed by atoms with Gasteiger partial charge in [-0.2, -0.15) is 0 Å². The lowest BCUT2D eigenvalue weighted by molar-refractivity contribution is -0.131. The fourth-order valence-electron chi connectivity index (χ4n) is 2.78. The first-order chi connectivity index (χ1) is 10.7. The molecule has 1 aromatic rings. The number of rotatable bonds is 7. The molecule has 0 radical (unpaired) electrons. The van der Waals surface area contributed by atoms with Crippen molar-refractivity contribution in [2.24, 2.45) is 0 Å². The standard InChI is InChI=1S/C18H29N3O/c1-3-4-11-20(2)15-17-7-5-16(6-8-17)14-18(22)21-12-9-19-10-13-21/h5-8,19H,3-4,9-15H2,1-2H3. The Morgan fingerprint density at radius 3 is 2.45 bits per heavy atom. The second-order valence-electron chi connectivity index (χ2n) is 6.22. The third-order valence-electron chi connectivity index (χ3n) is 4.19. The minimum absolute atomic E-state index is 0.245. The van der Waals surface area contributed by atoms with Gasteiger partial charge in [0.1, 0.15) is 0 Å². The highest BCUT2D eigenvalue weighted by atomic mass is 16.2. The van der Waals surface area contributed by atoms with Crippen molar-refractivity contribution in [1.29, 1.82) is 0 Å². The number of piperazine rings is 1. The van der Waals surface area contributed by atoms with E-state index in [1.54, 1.807) is 0 Å². The molecule has 4 nitrogen and oxygen atoms in total. The topological polar surface area (TPSA) is 35.6 Å². The molecule has 1 fully saturated rings. The number of unbranched alkanes of at least 4 members (excludes halogenated alkanes) is 1. The lowest BCUT2D eigenvalue weighted by Gasteiger charge is -2.27. The fourth-order valence-corrected chi connectivity index (χ4v) is 2.78. The lowest BCUT2D eigenvalue weighted by atomic mass is 10.1. The van der Waals surface area contributed by atoms with Crippen LogP contribution in [-0.4, -0.2) is 55.5 Å². The molecule has 0 atom stereocenters. The Hall–Kier alpha value is -1.39. The van der Waals surface area contributed by atoms with Gasteiger partial charge in [0, 0.05) is 32.7 Å². The van der Waals surface area contributed by atoms with Gasteiger partial charge in [-0.3, -0.25) is 4.79 Å². The highest BCUT2D eigenvalue weighted by molar-refractivity contribution is 5.78. The van der Waals surface area contributed by atoms with Gasteiger partial charge in [0.25, 0.3) is 0 Å². The zero-order chi connectivity index (χ0) is 15.8. The fraction of sp³-hybridized carbons (Fsp3) is 0.611. The minimum atomic E-state index is 0.245. The highest BCUT2D eigenvalue weighted by Crippen LogP contribution is 2.09. The summed E-state index contributed by atoms with van der Waals surface area (Å²) >= 11 is 0. The van der Waals surface area contributed by atoms with Gasteiger partial charge in [0.2, 0.25) is 5.91 Å². The maximum atomic E-state index is 12.2. The molecular formula is C18H29N3O. The number of benzene rings is 1. The van der Waals surface area contributed by atoms with E-state index in [0.717, 1.165) is 44.8 Å². The Labute approximate surface area is 134 Å². The SMILES string of the molecule is CCCCN(C)Cc1ccc(CC(=O)N2CCNCC2)cc1. The van der Waals surface area contributed by atoms with E-state index in [4.69, 9.17) is 0 Å². The quantitative estimate of drug-likeness (QED) is 0.835. The van der Waals surface area contributed by atoms with Crippen LogP contribution in [0.1, 0.15) is 30.9 Å². The number of carbonyl (C=O) groups is 1. The van der Waals surface area contributed by atoms with Gasteiger partial charge >= 0.3 is 0 Å². The summed E-state index contributed by atoms with van der Waals surface area (Å²) in [6, 6.07) is 8.51. The predicted molar refractivity (Wildman–Crippen MR) is 90.8 cm³/mol. The number of hydrogen-bond donors (Lipinski definition) is 1. The molecule has 1 aromatic carbocycles. The normalized spacial score (nSPS) is 15.3. The zero-order valence-electron chi connectivity index (χ0n) is 14.0. The van der Waals surface area contributed by atoms with Gasteiger partial charge in [0.05, 0.1) is 6.42 Å². The van der Waals surface area contributed by atoms with E-state index >= 15 is 0 Å². The minimum Gasteiger partial charge on any atom is -0.340 e. The van der Waals surface area contributed by atoms with Crippen molar-refractivity contribution in [3.8, 4) is 0 Å². The molecule has 1 amide bonds. The molecule has 1 aliphatic rings. The van der Waals surface area contributed by atoms with E-state index in [0.29, 0.717) is 6.42 Å². The van der Waals surface area contributed by atoms with Gasteiger partial charge in [-0.25, -0.2) is 0 Å². The summed E-state index contributed by atoms with van der Waals surface area (Å²) in [7, 11) is 2.16.